The minimum Gasteiger partial charge on any atom is -0.462 e. The second kappa shape index (κ2) is 15.6. The number of esters is 1. The SMILES string of the molecule is CCCCCCCCCC(C(C)=O)C(C)OC(=O)CCCCCO. The lowest BCUT2D eigenvalue weighted by Crippen LogP contribution is -2.29. The second-order valence-electron chi connectivity index (χ2n) is 6.86. The number of carbonyl (C=O) groups is 2. The minimum absolute atomic E-state index is 0.113. The van der Waals surface area contributed by atoms with Gasteiger partial charge in [-0.3, -0.25) is 9.59 Å². The summed E-state index contributed by atoms with van der Waals surface area (Å²) < 4.78 is 5.44. The first-order valence-corrected chi connectivity index (χ1v) is 9.83. The van der Waals surface area contributed by atoms with Gasteiger partial charge >= 0.3 is 5.97 Å². The van der Waals surface area contributed by atoms with E-state index in [2.05, 4.69) is 6.92 Å². The van der Waals surface area contributed by atoms with Gasteiger partial charge in [-0.2, -0.15) is 0 Å². The molecule has 4 heteroatoms. The summed E-state index contributed by atoms with van der Waals surface area (Å²) in [6.07, 6.45) is 11.7. The van der Waals surface area contributed by atoms with Crippen LogP contribution in [0.2, 0.25) is 0 Å². The highest BCUT2D eigenvalue weighted by Crippen LogP contribution is 2.19. The molecule has 0 aromatic rings. The van der Waals surface area contributed by atoms with Crippen LogP contribution < -0.4 is 0 Å². The third-order valence-electron chi connectivity index (χ3n) is 4.56. The number of ketones is 1. The number of ether oxygens (including phenoxy) is 1. The fourth-order valence-corrected chi connectivity index (χ4v) is 3.00. The first-order chi connectivity index (χ1) is 11.5. The van der Waals surface area contributed by atoms with E-state index in [1.807, 2.05) is 6.92 Å². The average molecular weight is 343 g/mol. The van der Waals surface area contributed by atoms with Gasteiger partial charge < -0.3 is 9.84 Å². The molecule has 0 rings (SSSR count). The van der Waals surface area contributed by atoms with Gasteiger partial charge in [-0.25, -0.2) is 0 Å². The van der Waals surface area contributed by atoms with Crippen molar-refractivity contribution in [2.24, 2.45) is 5.92 Å². The predicted molar refractivity (Wildman–Crippen MR) is 97.9 cm³/mol. The van der Waals surface area contributed by atoms with Crippen molar-refractivity contribution in [3.8, 4) is 0 Å². The zero-order valence-corrected chi connectivity index (χ0v) is 16.0. The van der Waals surface area contributed by atoms with Crippen LogP contribution in [-0.4, -0.2) is 29.6 Å². The average Bonchev–Trinajstić information content (AvgIpc) is 2.53. The standard InChI is InChI=1S/C20H38O4/c1-4-5-6-7-8-9-11-14-19(17(2)22)18(3)24-20(23)15-12-10-13-16-21/h18-19,21H,4-16H2,1-3H3. The first kappa shape index (κ1) is 23.1. The van der Waals surface area contributed by atoms with Crippen molar-refractivity contribution in [3.63, 3.8) is 0 Å². The number of hydrogen-bond donors (Lipinski definition) is 1. The van der Waals surface area contributed by atoms with Crippen molar-refractivity contribution < 1.29 is 19.4 Å². The Balaban J connectivity index is 3.98. The summed E-state index contributed by atoms with van der Waals surface area (Å²) in [5.41, 5.74) is 0. The second-order valence-corrected chi connectivity index (χ2v) is 6.86. The Morgan fingerprint density at radius 1 is 0.917 bits per heavy atom. The molecule has 4 nitrogen and oxygen atoms in total. The Kier molecular flexibility index (Phi) is 15.0. The van der Waals surface area contributed by atoms with Crippen LogP contribution in [-0.2, 0) is 14.3 Å². The van der Waals surface area contributed by atoms with E-state index >= 15 is 0 Å². The molecule has 0 amide bonds. The largest absolute Gasteiger partial charge is 0.462 e. The predicted octanol–water partition coefficient (Wildman–Crippen LogP) is 4.82. The Morgan fingerprint density at radius 3 is 2.08 bits per heavy atom. The van der Waals surface area contributed by atoms with Crippen LogP contribution >= 0.6 is 0 Å². The van der Waals surface area contributed by atoms with Crippen LogP contribution in [0.3, 0.4) is 0 Å². The van der Waals surface area contributed by atoms with Crippen molar-refractivity contribution in [1.82, 2.24) is 0 Å². The molecule has 2 unspecified atom stereocenters. The van der Waals surface area contributed by atoms with E-state index in [-0.39, 0.29) is 30.4 Å². The lowest BCUT2D eigenvalue weighted by atomic mass is 9.92. The van der Waals surface area contributed by atoms with Crippen LogP contribution in [0.5, 0.6) is 0 Å². The van der Waals surface area contributed by atoms with E-state index in [9.17, 15) is 9.59 Å². The van der Waals surface area contributed by atoms with E-state index < -0.39 is 0 Å². The number of unbranched alkanes of at least 4 members (excludes halogenated alkanes) is 8. The van der Waals surface area contributed by atoms with E-state index in [1.54, 1.807) is 6.92 Å². The number of carbonyl (C=O) groups excluding carboxylic acids is 2. The normalized spacial score (nSPS) is 13.5. The Hall–Kier alpha value is -0.900. The number of aliphatic hydroxyl groups excluding tert-OH is 1. The maximum atomic E-state index is 11.9. The quantitative estimate of drug-likeness (QED) is 0.323. The summed E-state index contributed by atoms with van der Waals surface area (Å²) in [5.74, 6) is -0.296. The summed E-state index contributed by atoms with van der Waals surface area (Å²) >= 11 is 0. The van der Waals surface area contributed by atoms with Crippen molar-refractivity contribution in [2.45, 2.75) is 104 Å². The summed E-state index contributed by atoms with van der Waals surface area (Å²) in [6.45, 7) is 5.81. The molecule has 1 N–H and O–H groups in total. The van der Waals surface area contributed by atoms with Gasteiger partial charge in [0.05, 0.1) is 5.92 Å². The molecule has 0 saturated heterocycles. The van der Waals surface area contributed by atoms with Gasteiger partial charge in [0.2, 0.25) is 0 Å². The molecule has 0 fully saturated rings. The molecule has 0 aliphatic heterocycles. The lowest BCUT2D eigenvalue weighted by molar-refractivity contribution is -0.152. The summed E-state index contributed by atoms with van der Waals surface area (Å²) in [7, 11) is 0. The molecule has 142 valence electrons. The molecule has 0 aliphatic carbocycles. The number of rotatable bonds is 16. The van der Waals surface area contributed by atoms with Crippen LogP contribution in [0.1, 0.15) is 97.8 Å². The van der Waals surface area contributed by atoms with Gasteiger partial charge in [0.1, 0.15) is 11.9 Å². The highest BCUT2D eigenvalue weighted by atomic mass is 16.5. The fourth-order valence-electron chi connectivity index (χ4n) is 3.00. The van der Waals surface area contributed by atoms with Crippen molar-refractivity contribution in [2.75, 3.05) is 6.61 Å². The summed E-state index contributed by atoms with van der Waals surface area (Å²) in [5, 5.41) is 8.72. The maximum Gasteiger partial charge on any atom is 0.306 e. The molecule has 0 aromatic carbocycles. The number of aliphatic hydroxyl groups is 1. The van der Waals surface area contributed by atoms with Gasteiger partial charge in [-0.05, 0) is 33.1 Å². The Bertz CT molecular complexity index is 328. The Labute approximate surface area is 148 Å². The molecule has 0 bridgehead atoms. The van der Waals surface area contributed by atoms with Crippen molar-refractivity contribution in [3.05, 3.63) is 0 Å². The maximum absolute atomic E-state index is 11.9. The van der Waals surface area contributed by atoms with Crippen LogP contribution in [0.4, 0.5) is 0 Å². The van der Waals surface area contributed by atoms with E-state index in [0.29, 0.717) is 6.42 Å². The van der Waals surface area contributed by atoms with Gasteiger partial charge in [0.25, 0.3) is 0 Å². The highest BCUT2D eigenvalue weighted by Gasteiger charge is 2.24. The molecule has 0 saturated carbocycles. The lowest BCUT2D eigenvalue weighted by Gasteiger charge is -2.22. The molecule has 0 aliphatic rings. The third kappa shape index (κ3) is 12.5. The molecule has 24 heavy (non-hydrogen) atoms. The van der Waals surface area contributed by atoms with Crippen LogP contribution in [0.25, 0.3) is 0 Å². The molecule has 2 atom stereocenters. The van der Waals surface area contributed by atoms with Gasteiger partial charge in [-0.1, -0.05) is 58.3 Å². The summed E-state index contributed by atoms with van der Waals surface area (Å²) in [4.78, 5) is 23.7. The Morgan fingerprint density at radius 2 is 1.50 bits per heavy atom. The molecule has 0 heterocycles. The smallest absolute Gasteiger partial charge is 0.306 e. The van der Waals surface area contributed by atoms with E-state index in [1.165, 1.54) is 32.1 Å². The monoisotopic (exact) mass is 342 g/mol. The zero-order valence-electron chi connectivity index (χ0n) is 16.0. The van der Waals surface area contributed by atoms with Gasteiger partial charge in [0.15, 0.2) is 0 Å². The van der Waals surface area contributed by atoms with Crippen molar-refractivity contribution in [1.29, 1.82) is 0 Å². The third-order valence-corrected chi connectivity index (χ3v) is 4.56. The molecule has 0 spiro atoms. The highest BCUT2D eigenvalue weighted by molar-refractivity contribution is 5.79. The number of hydrogen-bond acceptors (Lipinski definition) is 4. The van der Waals surface area contributed by atoms with Crippen LogP contribution in [0, 0.1) is 5.92 Å². The first-order valence-electron chi connectivity index (χ1n) is 9.83. The van der Waals surface area contributed by atoms with Gasteiger partial charge in [0, 0.05) is 13.0 Å². The van der Waals surface area contributed by atoms with Gasteiger partial charge in [-0.15, -0.1) is 0 Å². The molecule has 0 aromatic heterocycles. The topological polar surface area (TPSA) is 63.6 Å². The van der Waals surface area contributed by atoms with E-state index in [4.69, 9.17) is 9.84 Å². The minimum atomic E-state index is -0.340. The summed E-state index contributed by atoms with van der Waals surface area (Å²) in [6, 6.07) is 0. The van der Waals surface area contributed by atoms with Crippen LogP contribution in [0.15, 0.2) is 0 Å². The molecule has 0 radical (unpaired) electrons. The van der Waals surface area contributed by atoms with E-state index in [0.717, 1.165) is 38.5 Å². The fraction of sp³-hybridized carbons (Fsp3) is 0.900. The van der Waals surface area contributed by atoms with Crippen molar-refractivity contribution >= 4 is 11.8 Å². The molecular formula is C20H38O4. The molecular weight excluding hydrogens is 304 g/mol. The zero-order chi connectivity index (χ0) is 18.2. The number of Topliss-reactive ketones (excluding diaryl/α,β-unsaturated/α-hetero) is 1.